The maximum Gasteiger partial charge on any atom is 0.288 e. The molecule has 0 heterocycles. The minimum Gasteiger partial charge on any atom is -0.413 e. The molecular weight excluding hydrogens is 355 g/mol. The lowest BCUT2D eigenvalue weighted by molar-refractivity contribution is 0.280. The molecule has 1 aromatic carbocycles. The fourth-order valence-corrected chi connectivity index (χ4v) is 12.3. The van der Waals surface area contributed by atoms with E-state index in [0.717, 1.165) is 16.8 Å². The molecular formula is C22H41FOSi2. The maximum absolute atomic E-state index is 16.3. The number of halogens is 1. The zero-order valence-electron chi connectivity index (χ0n) is 19.0. The largest absolute Gasteiger partial charge is 0.413 e. The van der Waals surface area contributed by atoms with E-state index in [0.29, 0.717) is 12.0 Å². The van der Waals surface area contributed by atoms with Crippen LogP contribution in [-0.2, 0) is 11.0 Å². The summed E-state index contributed by atoms with van der Waals surface area (Å²) in [5.41, 5.74) is 1.43. The Hall–Kier alpha value is -0.456. The van der Waals surface area contributed by atoms with Gasteiger partial charge in [0.1, 0.15) is 0 Å². The van der Waals surface area contributed by atoms with Crippen molar-refractivity contribution >= 4 is 21.9 Å². The Bertz CT molecular complexity index is 573. The van der Waals surface area contributed by atoms with Gasteiger partial charge >= 0.3 is 0 Å². The highest BCUT2D eigenvalue weighted by molar-refractivity contribution is 6.90. The Labute approximate surface area is 164 Å². The predicted molar refractivity (Wildman–Crippen MR) is 119 cm³/mol. The smallest absolute Gasteiger partial charge is 0.288 e. The van der Waals surface area contributed by atoms with Crippen molar-refractivity contribution in [3.05, 3.63) is 29.8 Å². The lowest BCUT2D eigenvalue weighted by Gasteiger charge is -2.45. The number of benzene rings is 1. The summed E-state index contributed by atoms with van der Waals surface area (Å²) >= 11 is 0. The van der Waals surface area contributed by atoms with Gasteiger partial charge in [0.05, 0.1) is 6.61 Å². The molecule has 150 valence electrons. The second-order valence-corrected chi connectivity index (χ2v) is 20.7. The first kappa shape index (κ1) is 23.6. The zero-order valence-corrected chi connectivity index (χ0v) is 21.0. The molecule has 0 radical (unpaired) electrons. The first-order valence-corrected chi connectivity index (χ1v) is 14.8. The molecule has 4 heteroatoms. The lowest BCUT2D eigenvalue weighted by atomic mass is 10.0. The van der Waals surface area contributed by atoms with Crippen molar-refractivity contribution in [1.82, 2.24) is 0 Å². The van der Waals surface area contributed by atoms with Gasteiger partial charge < -0.3 is 8.53 Å². The summed E-state index contributed by atoms with van der Waals surface area (Å²) in [6.07, 6.45) is 0. The molecule has 0 fully saturated rings. The third-order valence-corrected chi connectivity index (χ3v) is 13.1. The molecule has 1 nitrogen and oxygen atoms in total. The van der Waals surface area contributed by atoms with Crippen molar-refractivity contribution in [1.29, 1.82) is 0 Å². The van der Waals surface area contributed by atoms with Crippen LogP contribution in [0.1, 0.15) is 67.9 Å². The van der Waals surface area contributed by atoms with Crippen LogP contribution >= 0.6 is 0 Å². The molecule has 0 spiro atoms. The Morgan fingerprint density at radius 1 is 0.808 bits per heavy atom. The summed E-state index contributed by atoms with van der Waals surface area (Å²) in [4.78, 5) is 0. The van der Waals surface area contributed by atoms with Gasteiger partial charge in [-0.25, -0.2) is 0 Å². The van der Waals surface area contributed by atoms with E-state index in [1.807, 2.05) is 53.7 Å². The van der Waals surface area contributed by atoms with Gasteiger partial charge in [-0.05, 0) is 45.4 Å². The SMILES string of the molecule is CC(C)(C)C[Si](C)(C)OCc1ccc([Si](F)(C(C)(C)C)C(C)(C)C)cc1. The van der Waals surface area contributed by atoms with Crippen molar-refractivity contribution in [2.24, 2.45) is 5.41 Å². The van der Waals surface area contributed by atoms with Crippen molar-refractivity contribution in [3.63, 3.8) is 0 Å². The molecule has 0 saturated heterocycles. The van der Waals surface area contributed by atoms with E-state index in [1.165, 1.54) is 0 Å². The Morgan fingerprint density at radius 3 is 1.58 bits per heavy atom. The Morgan fingerprint density at radius 2 is 1.23 bits per heavy atom. The maximum atomic E-state index is 16.3. The van der Waals surface area contributed by atoms with Gasteiger partial charge in [0.25, 0.3) is 8.41 Å². The van der Waals surface area contributed by atoms with Gasteiger partial charge in [-0.2, -0.15) is 0 Å². The van der Waals surface area contributed by atoms with Crippen LogP contribution in [0.4, 0.5) is 4.11 Å². The zero-order chi connectivity index (χ0) is 20.6. The van der Waals surface area contributed by atoms with E-state index in [-0.39, 0.29) is 10.1 Å². The van der Waals surface area contributed by atoms with Crippen molar-refractivity contribution in [3.8, 4) is 0 Å². The van der Waals surface area contributed by atoms with E-state index in [2.05, 4.69) is 46.0 Å². The molecule has 0 N–H and O–H groups in total. The van der Waals surface area contributed by atoms with Gasteiger partial charge in [0.2, 0.25) is 0 Å². The standard InChI is InChI=1S/C22H41FOSi2/c1-20(2,3)17-25(10,11)24-16-18-12-14-19(15-13-18)26(23,21(4,5)6)22(7,8)9/h12-15H,16-17H2,1-11H3. The van der Waals surface area contributed by atoms with Crippen LogP contribution in [0.3, 0.4) is 0 Å². The van der Waals surface area contributed by atoms with Gasteiger partial charge in [-0.1, -0.05) is 86.6 Å². The number of rotatable bonds is 5. The normalized spacial score (nSPS) is 14.6. The molecule has 0 unspecified atom stereocenters. The second-order valence-electron chi connectivity index (χ2n) is 11.6. The van der Waals surface area contributed by atoms with E-state index < -0.39 is 16.7 Å². The van der Waals surface area contributed by atoms with Crippen LogP contribution < -0.4 is 5.19 Å². The highest BCUT2D eigenvalue weighted by Crippen LogP contribution is 2.51. The van der Waals surface area contributed by atoms with Gasteiger partial charge in [-0.15, -0.1) is 0 Å². The molecule has 26 heavy (non-hydrogen) atoms. The van der Waals surface area contributed by atoms with E-state index in [1.54, 1.807) is 0 Å². The molecule has 0 amide bonds. The summed E-state index contributed by atoms with van der Waals surface area (Å²) in [5.74, 6) is 0. The average Bonchev–Trinajstić information content (AvgIpc) is 2.40. The molecule has 1 aromatic rings. The number of hydrogen-bond acceptors (Lipinski definition) is 1. The van der Waals surface area contributed by atoms with Crippen molar-refractivity contribution < 1.29 is 8.53 Å². The predicted octanol–water partition coefficient (Wildman–Crippen LogP) is 7.18. The summed E-state index contributed by atoms with van der Waals surface area (Å²) in [5, 5.41) is 0.211. The minimum atomic E-state index is -3.18. The molecule has 0 saturated carbocycles. The minimum absolute atomic E-state index is 0.290. The van der Waals surface area contributed by atoms with Gasteiger partial charge in [0.15, 0.2) is 8.32 Å². The molecule has 0 aliphatic rings. The fourth-order valence-electron chi connectivity index (χ4n) is 4.43. The summed E-state index contributed by atoms with van der Waals surface area (Å²) in [6, 6.07) is 9.29. The first-order valence-electron chi connectivity index (χ1n) is 9.81. The van der Waals surface area contributed by atoms with Crippen LogP contribution in [0.15, 0.2) is 24.3 Å². The number of hydrogen-bond donors (Lipinski definition) is 0. The third-order valence-electron chi connectivity index (χ3n) is 5.00. The Balaban J connectivity index is 2.98. The average molecular weight is 397 g/mol. The quantitative estimate of drug-likeness (QED) is 0.378. The summed E-state index contributed by atoms with van der Waals surface area (Å²) in [7, 11) is -4.87. The molecule has 0 aliphatic heterocycles. The first-order chi connectivity index (χ1) is 11.4. The lowest BCUT2D eigenvalue weighted by Crippen LogP contribution is -2.57. The van der Waals surface area contributed by atoms with E-state index in [9.17, 15) is 0 Å². The van der Waals surface area contributed by atoms with Gasteiger partial charge in [0, 0.05) is 0 Å². The second kappa shape index (κ2) is 7.52. The van der Waals surface area contributed by atoms with Crippen LogP contribution in [0.5, 0.6) is 0 Å². The highest BCUT2D eigenvalue weighted by atomic mass is 28.4. The third kappa shape index (κ3) is 5.77. The van der Waals surface area contributed by atoms with Crippen LogP contribution in [-0.4, -0.2) is 16.7 Å². The molecule has 1 rings (SSSR count). The van der Waals surface area contributed by atoms with Crippen LogP contribution in [0.2, 0.25) is 29.2 Å². The fraction of sp³-hybridized carbons (Fsp3) is 0.727. The highest BCUT2D eigenvalue weighted by Gasteiger charge is 2.56. The molecule has 0 atom stereocenters. The van der Waals surface area contributed by atoms with Crippen molar-refractivity contribution in [2.45, 2.75) is 98.1 Å². The summed E-state index contributed by atoms with van der Waals surface area (Å²) in [6.45, 7) is 24.3. The topological polar surface area (TPSA) is 9.23 Å². The Kier molecular flexibility index (Phi) is 6.82. The van der Waals surface area contributed by atoms with Crippen molar-refractivity contribution in [2.75, 3.05) is 0 Å². The van der Waals surface area contributed by atoms with E-state index in [4.69, 9.17) is 4.43 Å². The van der Waals surface area contributed by atoms with E-state index >= 15 is 4.11 Å². The van der Waals surface area contributed by atoms with Crippen LogP contribution in [0.25, 0.3) is 0 Å². The molecule has 0 aromatic heterocycles. The summed E-state index contributed by atoms with van der Waals surface area (Å²) < 4.78 is 22.7. The molecule has 0 bridgehead atoms. The molecule has 0 aliphatic carbocycles. The van der Waals surface area contributed by atoms with Gasteiger partial charge in [-0.3, -0.25) is 0 Å². The monoisotopic (exact) mass is 396 g/mol. The van der Waals surface area contributed by atoms with Crippen LogP contribution in [0, 0.1) is 5.41 Å².